The molecule has 0 saturated carbocycles. The third-order valence-corrected chi connectivity index (χ3v) is 2.13. The second kappa shape index (κ2) is 8.14. The Morgan fingerprint density at radius 2 is 1.68 bits per heavy atom. The highest BCUT2D eigenvalue weighted by Crippen LogP contribution is 1.92. The van der Waals surface area contributed by atoms with E-state index in [0.717, 1.165) is 0 Å². The van der Waals surface area contributed by atoms with Gasteiger partial charge in [0.2, 0.25) is 0 Å². The molecule has 0 fully saturated rings. The lowest BCUT2D eigenvalue weighted by atomic mass is 10.2. The molecule has 19 heavy (non-hydrogen) atoms. The molecule has 0 aliphatic rings. The van der Waals surface area contributed by atoms with Crippen LogP contribution in [0.3, 0.4) is 0 Å². The zero-order valence-corrected chi connectivity index (χ0v) is 11.1. The van der Waals surface area contributed by atoms with Gasteiger partial charge in [-0.05, 0) is 6.92 Å². The number of hydrogen-bond donors (Lipinski definition) is 5. The molecule has 5 N–H and O–H groups in total. The lowest BCUT2D eigenvalue weighted by Gasteiger charge is -2.17. The van der Waals surface area contributed by atoms with E-state index in [2.05, 4.69) is 16.0 Å². The number of carboxylic acid groups (broad SMARTS) is 1. The van der Waals surface area contributed by atoms with E-state index >= 15 is 0 Å². The molecule has 0 spiro atoms. The zero-order valence-electron chi connectivity index (χ0n) is 11.1. The van der Waals surface area contributed by atoms with Crippen LogP contribution in [0, 0.1) is 0 Å². The van der Waals surface area contributed by atoms with Crippen LogP contribution in [-0.2, 0) is 4.79 Å². The molecule has 110 valence electrons. The standard InChI is InChI=1S/C10H20N4O5/c1-6(15)7(8(16)17)13-9(18)11-4-5-12-10(19)14(2)3/h6-7,15H,4-5H2,1-3H3,(H,12,19)(H,16,17)(H2,11,13,18)/t6-,7+/m1/s1. The molecule has 4 amide bonds. The van der Waals surface area contributed by atoms with E-state index in [1.807, 2.05) is 0 Å². The first-order chi connectivity index (χ1) is 8.75. The summed E-state index contributed by atoms with van der Waals surface area (Å²) in [5, 5.41) is 24.9. The van der Waals surface area contributed by atoms with Gasteiger partial charge in [-0.25, -0.2) is 14.4 Å². The minimum absolute atomic E-state index is 0.136. The molecule has 0 saturated heterocycles. The summed E-state index contributed by atoms with van der Waals surface area (Å²) in [5.74, 6) is -1.33. The highest BCUT2D eigenvalue weighted by Gasteiger charge is 2.24. The summed E-state index contributed by atoms with van der Waals surface area (Å²) in [7, 11) is 3.16. The van der Waals surface area contributed by atoms with Crippen molar-refractivity contribution in [2.75, 3.05) is 27.2 Å². The topological polar surface area (TPSA) is 131 Å². The van der Waals surface area contributed by atoms with E-state index in [9.17, 15) is 14.4 Å². The Bertz CT molecular complexity index is 332. The molecule has 0 aromatic heterocycles. The molecule has 0 aromatic rings. The first kappa shape index (κ1) is 17.0. The van der Waals surface area contributed by atoms with Crippen LogP contribution in [0.1, 0.15) is 6.92 Å². The minimum atomic E-state index is -1.38. The van der Waals surface area contributed by atoms with Crippen LogP contribution in [0.2, 0.25) is 0 Å². The largest absolute Gasteiger partial charge is 0.480 e. The van der Waals surface area contributed by atoms with Crippen molar-refractivity contribution in [1.82, 2.24) is 20.9 Å². The average Bonchev–Trinajstić information content (AvgIpc) is 2.30. The smallest absolute Gasteiger partial charge is 0.328 e. The number of carbonyl (C=O) groups is 3. The molecular weight excluding hydrogens is 256 g/mol. The predicted octanol–water partition coefficient (Wildman–Crippen LogP) is -1.61. The number of rotatable bonds is 6. The maximum atomic E-state index is 11.3. The van der Waals surface area contributed by atoms with Crippen molar-refractivity contribution in [3.8, 4) is 0 Å². The molecule has 0 aliphatic carbocycles. The van der Waals surface area contributed by atoms with Gasteiger partial charge in [0.05, 0.1) is 6.10 Å². The van der Waals surface area contributed by atoms with Crippen LogP contribution >= 0.6 is 0 Å². The highest BCUT2D eigenvalue weighted by atomic mass is 16.4. The first-order valence-electron chi connectivity index (χ1n) is 5.66. The molecule has 0 aromatic carbocycles. The van der Waals surface area contributed by atoms with E-state index in [4.69, 9.17) is 10.2 Å². The quantitative estimate of drug-likeness (QED) is 0.372. The molecule has 0 radical (unpaired) electrons. The molecule has 0 unspecified atom stereocenters. The normalized spacial score (nSPS) is 13.1. The number of carbonyl (C=O) groups excluding carboxylic acids is 2. The van der Waals surface area contributed by atoms with Gasteiger partial charge in [0.25, 0.3) is 0 Å². The molecular formula is C10H20N4O5. The van der Waals surface area contributed by atoms with Gasteiger partial charge in [-0.3, -0.25) is 0 Å². The Morgan fingerprint density at radius 3 is 2.11 bits per heavy atom. The second-order valence-corrected chi connectivity index (χ2v) is 4.08. The number of carboxylic acids is 1. The van der Waals surface area contributed by atoms with Gasteiger partial charge in [0.1, 0.15) is 0 Å². The second-order valence-electron chi connectivity index (χ2n) is 4.08. The third-order valence-electron chi connectivity index (χ3n) is 2.13. The lowest BCUT2D eigenvalue weighted by molar-refractivity contribution is -0.141. The van der Waals surface area contributed by atoms with Crippen LogP contribution in [0.25, 0.3) is 0 Å². The summed E-state index contributed by atoms with van der Waals surface area (Å²) in [5.41, 5.74) is 0. The monoisotopic (exact) mass is 276 g/mol. The van der Waals surface area contributed by atoms with Crippen molar-refractivity contribution in [2.24, 2.45) is 0 Å². The van der Waals surface area contributed by atoms with Crippen LogP contribution in [0.5, 0.6) is 0 Å². The number of amides is 4. The SMILES string of the molecule is C[C@@H](O)[C@H](NC(=O)NCCNC(=O)N(C)C)C(=O)O. The van der Waals surface area contributed by atoms with Crippen molar-refractivity contribution in [2.45, 2.75) is 19.1 Å². The fourth-order valence-corrected chi connectivity index (χ4v) is 1.08. The molecule has 0 heterocycles. The van der Waals surface area contributed by atoms with E-state index in [-0.39, 0.29) is 19.1 Å². The van der Waals surface area contributed by atoms with E-state index in [1.165, 1.54) is 11.8 Å². The van der Waals surface area contributed by atoms with Crippen molar-refractivity contribution < 1.29 is 24.6 Å². The Hall–Kier alpha value is -2.03. The van der Waals surface area contributed by atoms with Gasteiger partial charge in [-0.15, -0.1) is 0 Å². The van der Waals surface area contributed by atoms with Crippen LogP contribution < -0.4 is 16.0 Å². The zero-order chi connectivity index (χ0) is 15.0. The van der Waals surface area contributed by atoms with Crippen molar-refractivity contribution >= 4 is 18.0 Å². The molecule has 0 aliphatic heterocycles. The van der Waals surface area contributed by atoms with Crippen LogP contribution in [-0.4, -0.2) is 72.5 Å². The Morgan fingerprint density at radius 1 is 1.16 bits per heavy atom. The van der Waals surface area contributed by atoms with Crippen LogP contribution in [0.4, 0.5) is 9.59 Å². The Labute approximate surface area is 111 Å². The lowest BCUT2D eigenvalue weighted by Crippen LogP contribution is -2.52. The number of hydrogen-bond acceptors (Lipinski definition) is 4. The number of nitrogens with one attached hydrogen (secondary N) is 3. The summed E-state index contributed by atoms with van der Waals surface area (Å²) >= 11 is 0. The van der Waals surface area contributed by atoms with Gasteiger partial charge < -0.3 is 31.1 Å². The Balaban J connectivity index is 3.93. The van der Waals surface area contributed by atoms with E-state index in [1.54, 1.807) is 14.1 Å². The first-order valence-corrected chi connectivity index (χ1v) is 5.66. The van der Waals surface area contributed by atoms with E-state index < -0.39 is 24.1 Å². The Kier molecular flexibility index (Phi) is 7.27. The van der Waals surface area contributed by atoms with Gasteiger partial charge in [0, 0.05) is 27.2 Å². The van der Waals surface area contributed by atoms with E-state index in [0.29, 0.717) is 0 Å². The maximum absolute atomic E-state index is 11.3. The maximum Gasteiger partial charge on any atom is 0.328 e. The number of aliphatic hydroxyl groups is 1. The summed E-state index contributed by atoms with van der Waals surface area (Å²) in [6, 6.07) is -2.40. The number of aliphatic carboxylic acids is 1. The summed E-state index contributed by atoms with van der Waals surface area (Å²) in [6.07, 6.45) is -1.21. The summed E-state index contributed by atoms with van der Waals surface area (Å²) in [4.78, 5) is 34.5. The molecule has 9 heteroatoms. The van der Waals surface area contributed by atoms with Gasteiger partial charge >= 0.3 is 18.0 Å². The molecule has 2 atom stereocenters. The molecule has 0 bridgehead atoms. The summed E-state index contributed by atoms with van der Waals surface area (Å²) < 4.78 is 0. The number of urea groups is 2. The number of nitrogens with zero attached hydrogens (tertiary/aromatic N) is 1. The van der Waals surface area contributed by atoms with Gasteiger partial charge in [-0.2, -0.15) is 0 Å². The summed E-state index contributed by atoms with van der Waals surface area (Å²) in [6.45, 7) is 1.60. The van der Waals surface area contributed by atoms with Gasteiger partial charge in [-0.1, -0.05) is 0 Å². The molecule has 0 rings (SSSR count). The fourth-order valence-electron chi connectivity index (χ4n) is 1.08. The van der Waals surface area contributed by atoms with Crippen molar-refractivity contribution in [3.05, 3.63) is 0 Å². The number of aliphatic hydroxyl groups excluding tert-OH is 1. The third kappa shape index (κ3) is 7.09. The predicted molar refractivity (Wildman–Crippen MR) is 66.7 cm³/mol. The fraction of sp³-hybridized carbons (Fsp3) is 0.700. The average molecular weight is 276 g/mol. The van der Waals surface area contributed by atoms with Crippen molar-refractivity contribution in [1.29, 1.82) is 0 Å². The van der Waals surface area contributed by atoms with Crippen LogP contribution in [0.15, 0.2) is 0 Å². The van der Waals surface area contributed by atoms with Gasteiger partial charge in [0.15, 0.2) is 6.04 Å². The minimum Gasteiger partial charge on any atom is -0.480 e. The van der Waals surface area contributed by atoms with Crippen molar-refractivity contribution in [3.63, 3.8) is 0 Å². The highest BCUT2D eigenvalue weighted by molar-refractivity contribution is 5.83. The molecule has 9 nitrogen and oxygen atoms in total.